The second-order valence-electron chi connectivity index (χ2n) is 5.31. The first-order valence-corrected chi connectivity index (χ1v) is 7.64. The van der Waals surface area contributed by atoms with Crippen molar-refractivity contribution < 1.29 is 8.42 Å². The molecule has 0 unspecified atom stereocenters. The standard InChI is InChI=1S/C12H18N4O2S/c1-10-14-11(8-15(10)3)19(17,18)16-6-4-12(2,9-13)5-7-16/h8H,4-7H2,1-3H3. The highest BCUT2D eigenvalue weighted by molar-refractivity contribution is 7.89. The fraction of sp³-hybridized carbons (Fsp3) is 0.667. The lowest BCUT2D eigenvalue weighted by Gasteiger charge is -2.33. The van der Waals surface area contributed by atoms with E-state index in [2.05, 4.69) is 11.1 Å². The van der Waals surface area contributed by atoms with Crippen molar-refractivity contribution in [3.05, 3.63) is 12.0 Å². The summed E-state index contributed by atoms with van der Waals surface area (Å²) in [5.41, 5.74) is -0.411. The van der Waals surface area contributed by atoms with E-state index in [9.17, 15) is 8.42 Å². The molecular weight excluding hydrogens is 264 g/mol. The van der Waals surface area contributed by atoms with Crippen LogP contribution in [0, 0.1) is 23.7 Å². The molecule has 0 saturated carbocycles. The van der Waals surface area contributed by atoms with Gasteiger partial charge < -0.3 is 4.57 Å². The Hall–Kier alpha value is -1.39. The summed E-state index contributed by atoms with van der Waals surface area (Å²) in [6, 6.07) is 2.26. The van der Waals surface area contributed by atoms with E-state index in [1.807, 2.05) is 6.92 Å². The van der Waals surface area contributed by atoms with Crippen molar-refractivity contribution >= 4 is 10.0 Å². The van der Waals surface area contributed by atoms with E-state index in [0.29, 0.717) is 31.8 Å². The lowest BCUT2D eigenvalue weighted by molar-refractivity contribution is 0.231. The van der Waals surface area contributed by atoms with Gasteiger partial charge in [-0.1, -0.05) is 0 Å². The van der Waals surface area contributed by atoms with Gasteiger partial charge in [-0.15, -0.1) is 0 Å². The SMILES string of the molecule is Cc1nc(S(=O)(=O)N2CCC(C)(C#N)CC2)cn1C. The number of aryl methyl sites for hydroxylation is 2. The molecule has 2 rings (SSSR count). The molecule has 104 valence electrons. The Labute approximate surface area is 113 Å². The second kappa shape index (κ2) is 4.62. The summed E-state index contributed by atoms with van der Waals surface area (Å²) >= 11 is 0. The Morgan fingerprint density at radius 1 is 1.42 bits per heavy atom. The predicted molar refractivity (Wildman–Crippen MR) is 69.7 cm³/mol. The molecule has 2 heterocycles. The highest BCUT2D eigenvalue weighted by Gasteiger charge is 2.36. The van der Waals surface area contributed by atoms with Crippen LogP contribution in [0.2, 0.25) is 0 Å². The zero-order valence-corrected chi connectivity index (χ0v) is 12.2. The van der Waals surface area contributed by atoms with Crippen molar-refractivity contribution in [2.45, 2.75) is 31.7 Å². The average Bonchev–Trinajstić information content (AvgIpc) is 2.71. The summed E-state index contributed by atoms with van der Waals surface area (Å²) in [4.78, 5) is 4.08. The van der Waals surface area contributed by atoms with E-state index in [-0.39, 0.29) is 5.03 Å². The van der Waals surface area contributed by atoms with E-state index in [1.165, 1.54) is 10.5 Å². The van der Waals surface area contributed by atoms with Gasteiger partial charge in [0.05, 0.1) is 11.5 Å². The molecule has 0 atom stereocenters. The molecule has 0 radical (unpaired) electrons. The van der Waals surface area contributed by atoms with Gasteiger partial charge in [-0.3, -0.25) is 0 Å². The summed E-state index contributed by atoms with van der Waals surface area (Å²) in [6.45, 7) is 4.40. The van der Waals surface area contributed by atoms with Gasteiger partial charge in [-0.2, -0.15) is 9.57 Å². The number of rotatable bonds is 2. The van der Waals surface area contributed by atoms with E-state index < -0.39 is 15.4 Å². The molecule has 1 aliphatic rings. The number of aromatic nitrogens is 2. The molecule has 1 aliphatic heterocycles. The van der Waals surface area contributed by atoms with Crippen LogP contribution >= 0.6 is 0 Å². The predicted octanol–water partition coefficient (Wildman–Crippen LogP) is 1.04. The van der Waals surface area contributed by atoms with Crippen molar-refractivity contribution in [1.29, 1.82) is 5.26 Å². The Kier molecular flexibility index (Phi) is 3.41. The van der Waals surface area contributed by atoms with Crippen LogP contribution in [0.4, 0.5) is 0 Å². The third-order valence-electron chi connectivity index (χ3n) is 3.79. The molecule has 6 nitrogen and oxygen atoms in total. The Morgan fingerprint density at radius 2 is 2.00 bits per heavy atom. The zero-order valence-electron chi connectivity index (χ0n) is 11.4. The maximum absolute atomic E-state index is 12.4. The van der Waals surface area contributed by atoms with Crippen LogP contribution in [0.1, 0.15) is 25.6 Å². The summed E-state index contributed by atoms with van der Waals surface area (Å²) in [6.07, 6.45) is 2.66. The Morgan fingerprint density at radius 3 is 2.42 bits per heavy atom. The molecule has 0 aliphatic carbocycles. The zero-order chi connectivity index (χ0) is 14.3. The fourth-order valence-corrected chi connectivity index (χ4v) is 3.58. The fourth-order valence-electron chi connectivity index (χ4n) is 2.11. The molecule has 0 bridgehead atoms. The minimum atomic E-state index is -3.53. The normalized spacial score (nSPS) is 20.1. The van der Waals surface area contributed by atoms with E-state index in [4.69, 9.17) is 5.26 Å². The van der Waals surface area contributed by atoms with Crippen molar-refractivity contribution in [3.63, 3.8) is 0 Å². The number of piperidine rings is 1. The maximum atomic E-state index is 12.4. The molecule has 0 N–H and O–H groups in total. The van der Waals surface area contributed by atoms with Crippen molar-refractivity contribution in [2.75, 3.05) is 13.1 Å². The molecule has 1 aromatic heterocycles. The van der Waals surface area contributed by atoms with Gasteiger partial charge in [0.15, 0.2) is 5.03 Å². The highest BCUT2D eigenvalue weighted by Crippen LogP contribution is 2.32. The van der Waals surface area contributed by atoms with Crippen LogP contribution < -0.4 is 0 Å². The van der Waals surface area contributed by atoms with Crippen LogP contribution in [-0.4, -0.2) is 35.4 Å². The minimum Gasteiger partial charge on any atom is -0.337 e. The van der Waals surface area contributed by atoms with Gasteiger partial charge in [0.2, 0.25) is 0 Å². The van der Waals surface area contributed by atoms with Crippen molar-refractivity contribution in [3.8, 4) is 6.07 Å². The summed E-state index contributed by atoms with van der Waals surface area (Å²) in [5.74, 6) is 0.664. The number of hydrogen-bond acceptors (Lipinski definition) is 4. The van der Waals surface area contributed by atoms with Gasteiger partial charge >= 0.3 is 0 Å². The molecule has 1 fully saturated rings. The molecule has 1 aromatic rings. The Balaban J connectivity index is 2.21. The second-order valence-corrected chi connectivity index (χ2v) is 7.20. The minimum absolute atomic E-state index is 0.0908. The first kappa shape index (κ1) is 14.0. The lowest BCUT2D eigenvalue weighted by atomic mass is 9.83. The topological polar surface area (TPSA) is 79.0 Å². The number of nitriles is 1. The maximum Gasteiger partial charge on any atom is 0.262 e. The van der Waals surface area contributed by atoms with Crippen molar-refractivity contribution in [2.24, 2.45) is 12.5 Å². The van der Waals surface area contributed by atoms with Crippen LogP contribution in [0.15, 0.2) is 11.2 Å². The molecule has 1 saturated heterocycles. The Bertz CT molecular complexity index is 599. The molecule has 0 spiro atoms. The molecule has 0 amide bonds. The number of imidazole rings is 1. The van der Waals surface area contributed by atoms with Gasteiger partial charge in [-0.05, 0) is 26.7 Å². The van der Waals surface area contributed by atoms with Crippen LogP contribution in [0.25, 0.3) is 0 Å². The molecule has 19 heavy (non-hydrogen) atoms. The molecule has 0 aromatic carbocycles. The monoisotopic (exact) mass is 282 g/mol. The number of nitrogens with zero attached hydrogens (tertiary/aromatic N) is 4. The highest BCUT2D eigenvalue weighted by atomic mass is 32.2. The third-order valence-corrected chi connectivity index (χ3v) is 5.56. The first-order chi connectivity index (χ1) is 8.78. The first-order valence-electron chi connectivity index (χ1n) is 6.20. The summed E-state index contributed by atoms with van der Waals surface area (Å²) in [7, 11) is -1.76. The van der Waals surface area contributed by atoms with Gasteiger partial charge in [0.25, 0.3) is 10.0 Å². The van der Waals surface area contributed by atoms with Gasteiger partial charge in [0, 0.05) is 26.3 Å². The quantitative estimate of drug-likeness (QED) is 0.812. The summed E-state index contributed by atoms with van der Waals surface area (Å²) < 4.78 is 28.0. The van der Waals surface area contributed by atoms with E-state index in [0.717, 1.165) is 0 Å². The van der Waals surface area contributed by atoms with Gasteiger partial charge in [0.1, 0.15) is 5.82 Å². The van der Waals surface area contributed by atoms with Crippen molar-refractivity contribution in [1.82, 2.24) is 13.9 Å². The smallest absolute Gasteiger partial charge is 0.262 e. The number of hydrogen-bond donors (Lipinski definition) is 0. The van der Waals surface area contributed by atoms with Crippen LogP contribution in [-0.2, 0) is 17.1 Å². The van der Waals surface area contributed by atoms with E-state index >= 15 is 0 Å². The summed E-state index contributed by atoms with van der Waals surface area (Å²) in [5, 5.41) is 9.15. The van der Waals surface area contributed by atoms with E-state index in [1.54, 1.807) is 18.5 Å². The average molecular weight is 282 g/mol. The molecule has 7 heteroatoms. The van der Waals surface area contributed by atoms with Gasteiger partial charge in [-0.25, -0.2) is 13.4 Å². The number of sulfonamides is 1. The molecular formula is C12H18N4O2S. The van der Waals surface area contributed by atoms with Crippen LogP contribution in [0.5, 0.6) is 0 Å². The van der Waals surface area contributed by atoms with Crippen LogP contribution in [0.3, 0.4) is 0 Å². The largest absolute Gasteiger partial charge is 0.337 e. The lowest BCUT2D eigenvalue weighted by Crippen LogP contribution is -2.41. The third kappa shape index (κ3) is 2.51.